The van der Waals surface area contributed by atoms with Gasteiger partial charge in [0.15, 0.2) is 0 Å². The maximum atomic E-state index is 4.93. The van der Waals surface area contributed by atoms with Crippen LogP contribution in [0.3, 0.4) is 0 Å². The van der Waals surface area contributed by atoms with Crippen molar-refractivity contribution in [3.8, 4) is 22.3 Å². The number of benzene rings is 4. The normalized spacial score (nSPS) is 11.3. The van der Waals surface area contributed by atoms with Gasteiger partial charge in [-0.05, 0) is 46.4 Å². The molecule has 0 bridgehead atoms. The average Bonchev–Trinajstić information content (AvgIpc) is 3.72. The van der Waals surface area contributed by atoms with Gasteiger partial charge in [0, 0.05) is 9.52 Å². The molecule has 2 radical (unpaired) electrons. The molecule has 0 fully saturated rings. The molecule has 0 N–H and O–H groups in total. The second-order valence-electron chi connectivity index (χ2n) is 12.7. The topological polar surface area (TPSA) is 0 Å². The number of hydrogen-bond donors (Lipinski definition) is 0. The molecule has 6 rings (SSSR count). The molecule has 0 aliphatic rings. The van der Waals surface area contributed by atoms with E-state index in [0.29, 0.717) is 5.92 Å². The van der Waals surface area contributed by atoms with Crippen LogP contribution in [-0.2, 0) is 32.7 Å². The number of hydrogen-bond acceptors (Lipinski definition) is 0. The van der Waals surface area contributed by atoms with E-state index in [1.54, 1.807) is 0 Å². The fourth-order valence-electron chi connectivity index (χ4n) is 5.54. The van der Waals surface area contributed by atoms with E-state index < -0.39 is 20.8 Å². The maximum absolute atomic E-state index is 4.93. The Morgan fingerprint density at radius 3 is 1.78 bits per heavy atom. The van der Waals surface area contributed by atoms with Crippen molar-refractivity contribution in [1.82, 2.24) is 0 Å². The monoisotopic (exact) mass is 740 g/mol. The Hall–Kier alpha value is -2.22. The molecular weight excluding hydrogens is 695 g/mol. The molecule has 1 unspecified atom stereocenters. The van der Waals surface area contributed by atoms with Gasteiger partial charge in [0.25, 0.3) is 0 Å². The Morgan fingerprint density at radius 1 is 0.739 bits per heavy atom. The van der Waals surface area contributed by atoms with Crippen LogP contribution in [0.15, 0.2) is 115 Å². The molecule has 0 spiro atoms. The van der Waals surface area contributed by atoms with Crippen LogP contribution in [0.4, 0.5) is 0 Å². The van der Waals surface area contributed by atoms with Gasteiger partial charge >= 0.3 is 37.9 Å². The summed E-state index contributed by atoms with van der Waals surface area (Å²) in [7, 11) is 11.0. The summed E-state index contributed by atoms with van der Waals surface area (Å²) in [6, 6.07) is 42.3. The third-order valence-corrected chi connectivity index (χ3v) is 8.36. The van der Waals surface area contributed by atoms with Crippen LogP contribution in [0.5, 0.6) is 0 Å². The quantitative estimate of drug-likeness (QED) is 0.122. The molecule has 238 valence electrons. The molecule has 0 aromatic heterocycles. The van der Waals surface area contributed by atoms with E-state index in [1.165, 1.54) is 66.9 Å². The number of halogens is 2. The Balaban J connectivity index is 0.000000215. The minimum atomic E-state index is -0.826. The predicted octanol–water partition coefficient (Wildman–Crippen LogP) is 14.0. The standard InChI is InChI=1S/C21H23.C19H19.C2H6Si.2ClH.Zr/c1-4-15(3)17-9-11-18(12-10-17)20-8-6-7-19-13-16(5-2)14-21(19)20;1-19(2,3)16-12-10-15(11-13-16)18-9-5-7-14-6-4-8-17(14)18;1-3-2;;;/h6-15H,4-5H2,1-3H3;4-13H,1-3H3;1-2H3;2*1H;/q2*-1;;;;+4/p-2. The first-order chi connectivity index (χ1) is 22.1. The van der Waals surface area contributed by atoms with E-state index in [9.17, 15) is 0 Å². The fourth-order valence-corrected chi connectivity index (χ4v) is 5.54. The van der Waals surface area contributed by atoms with Crippen LogP contribution in [0.25, 0.3) is 43.8 Å². The molecule has 6 aromatic rings. The molecule has 0 aliphatic carbocycles. The first-order valence-corrected chi connectivity index (χ1v) is 24.5. The molecule has 0 saturated heterocycles. The number of aryl methyl sites for hydroxylation is 1. The zero-order valence-electron chi connectivity index (χ0n) is 28.7. The van der Waals surface area contributed by atoms with Crippen molar-refractivity contribution < 1.29 is 20.8 Å². The van der Waals surface area contributed by atoms with Gasteiger partial charge in [0.2, 0.25) is 0 Å². The summed E-state index contributed by atoms with van der Waals surface area (Å²) in [6.45, 7) is 17.8. The Kier molecular flexibility index (Phi) is 15.7. The molecule has 1 atom stereocenters. The molecule has 6 aromatic carbocycles. The van der Waals surface area contributed by atoms with E-state index >= 15 is 0 Å². The van der Waals surface area contributed by atoms with Crippen molar-refractivity contribution in [1.29, 1.82) is 0 Å². The van der Waals surface area contributed by atoms with Crippen LogP contribution in [0, 0.1) is 0 Å². The summed E-state index contributed by atoms with van der Waals surface area (Å²) < 4.78 is 0. The SMILES string of the molecule is CC(C)(C)c1ccc(-c2cccc3[cH-]ccc23)cc1.CCc1cc2c(-c3ccc(C(C)CC)cc3)cccc2[cH-]1.C[Si]C.[Cl][Zr+2][Cl]. The third-order valence-electron chi connectivity index (χ3n) is 8.36. The second-order valence-corrected chi connectivity index (χ2v) is 17.4. The van der Waals surface area contributed by atoms with E-state index in [2.05, 4.69) is 170 Å². The number of fused-ring (bicyclic) bond motifs is 2. The molecule has 0 amide bonds. The van der Waals surface area contributed by atoms with Crippen LogP contribution in [-0.4, -0.2) is 9.52 Å². The predicted molar refractivity (Wildman–Crippen MR) is 206 cm³/mol. The van der Waals surface area contributed by atoms with Crippen LogP contribution >= 0.6 is 17.0 Å². The zero-order chi connectivity index (χ0) is 33.7. The van der Waals surface area contributed by atoms with Gasteiger partial charge in [-0.15, -0.1) is 63.5 Å². The van der Waals surface area contributed by atoms with Crippen LogP contribution in [0.2, 0.25) is 13.1 Å². The average molecular weight is 743 g/mol. The summed E-state index contributed by atoms with van der Waals surface area (Å²) in [4.78, 5) is 0. The van der Waals surface area contributed by atoms with Crippen molar-refractivity contribution in [2.75, 3.05) is 0 Å². The van der Waals surface area contributed by atoms with E-state index in [4.69, 9.17) is 17.0 Å². The molecule has 0 aliphatic heterocycles. The summed E-state index contributed by atoms with van der Waals surface area (Å²) in [5.74, 6) is 0.639. The van der Waals surface area contributed by atoms with E-state index in [1.807, 2.05) is 0 Å². The summed E-state index contributed by atoms with van der Waals surface area (Å²) in [5, 5.41) is 5.39. The van der Waals surface area contributed by atoms with Gasteiger partial charge in [-0.2, -0.15) is 18.2 Å². The van der Waals surface area contributed by atoms with E-state index in [-0.39, 0.29) is 5.41 Å². The first-order valence-electron chi connectivity index (χ1n) is 16.2. The fraction of sp³-hybridized carbons (Fsp3) is 0.286. The molecular formula is C42H48Cl2SiZr. The molecule has 0 nitrogen and oxygen atoms in total. The second kappa shape index (κ2) is 18.9. The van der Waals surface area contributed by atoms with Gasteiger partial charge in [-0.1, -0.05) is 126 Å². The molecule has 0 heterocycles. The zero-order valence-corrected chi connectivity index (χ0v) is 33.7. The van der Waals surface area contributed by atoms with Crippen LogP contribution < -0.4 is 0 Å². The Labute approximate surface area is 299 Å². The Morgan fingerprint density at radius 2 is 1.26 bits per heavy atom. The van der Waals surface area contributed by atoms with Crippen molar-refractivity contribution in [3.63, 3.8) is 0 Å². The molecule has 0 saturated carbocycles. The summed E-state index contributed by atoms with van der Waals surface area (Å²) >= 11 is -0.826. The van der Waals surface area contributed by atoms with Gasteiger partial charge in [-0.25, -0.2) is 0 Å². The molecule has 4 heteroatoms. The molecule has 46 heavy (non-hydrogen) atoms. The minimum absolute atomic E-state index is 0.213. The van der Waals surface area contributed by atoms with Crippen molar-refractivity contribution in [3.05, 3.63) is 132 Å². The summed E-state index contributed by atoms with van der Waals surface area (Å²) in [5.41, 5.74) is 9.74. The van der Waals surface area contributed by atoms with Gasteiger partial charge in [0.05, 0.1) is 0 Å². The van der Waals surface area contributed by atoms with Gasteiger partial charge in [-0.3, -0.25) is 0 Å². The Bertz CT molecular complexity index is 1740. The van der Waals surface area contributed by atoms with E-state index in [0.717, 1.165) is 15.9 Å². The van der Waals surface area contributed by atoms with Crippen molar-refractivity contribution in [2.24, 2.45) is 0 Å². The first kappa shape index (κ1) is 38.2. The van der Waals surface area contributed by atoms with Gasteiger partial charge in [0.1, 0.15) is 0 Å². The third kappa shape index (κ3) is 10.4. The van der Waals surface area contributed by atoms with Crippen molar-refractivity contribution in [2.45, 2.75) is 78.8 Å². The van der Waals surface area contributed by atoms with Crippen molar-refractivity contribution >= 4 is 48.1 Å². The number of rotatable bonds is 5. The summed E-state index contributed by atoms with van der Waals surface area (Å²) in [6.07, 6.45) is 2.29. The van der Waals surface area contributed by atoms with Crippen LogP contribution in [0.1, 0.15) is 70.6 Å². The van der Waals surface area contributed by atoms with Gasteiger partial charge < -0.3 is 0 Å².